The van der Waals surface area contributed by atoms with Crippen molar-refractivity contribution in [1.29, 1.82) is 0 Å². The lowest BCUT2D eigenvalue weighted by molar-refractivity contribution is 0.444. The van der Waals surface area contributed by atoms with Gasteiger partial charge in [0.15, 0.2) is 0 Å². The van der Waals surface area contributed by atoms with Crippen molar-refractivity contribution in [2.45, 2.75) is 19.3 Å². The summed E-state index contributed by atoms with van der Waals surface area (Å²) >= 11 is 6.12. The molecule has 3 nitrogen and oxygen atoms in total. The number of aromatic nitrogens is 2. The fourth-order valence-corrected chi connectivity index (χ4v) is 3.04. The number of aryl methyl sites for hydroxylation is 1. The predicted molar refractivity (Wildman–Crippen MR) is 88.5 cm³/mol. The average molecular weight is 313 g/mol. The molecule has 1 atom stereocenters. The topological polar surface area (TPSA) is 38.9 Å². The maximum atomic E-state index is 6.12. The van der Waals surface area contributed by atoms with E-state index in [1.54, 1.807) is 12.3 Å². The molecule has 112 valence electrons. The highest BCUT2D eigenvalue weighted by molar-refractivity contribution is 6.31. The SMILES string of the molecule is C=C/C=C(\C(=C)Cl)C1CCc2oc(-c3ccccn3)nc2C1. The highest BCUT2D eigenvalue weighted by atomic mass is 35.5. The highest BCUT2D eigenvalue weighted by Crippen LogP contribution is 2.35. The molecule has 0 radical (unpaired) electrons. The summed E-state index contributed by atoms with van der Waals surface area (Å²) in [5, 5.41) is 0.571. The number of nitrogens with zero attached hydrogens (tertiary/aromatic N) is 2. The van der Waals surface area contributed by atoms with Crippen LogP contribution in [0.5, 0.6) is 0 Å². The number of hydrogen-bond acceptors (Lipinski definition) is 3. The number of oxazole rings is 1. The first-order valence-corrected chi connectivity index (χ1v) is 7.64. The van der Waals surface area contributed by atoms with Gasteiger partial charge in [0.2, 0.25) is 5.89 Å². The molecule has 0 saturated heterocycles. The van der Waals surface area contributed by atoms with Crippen LogP contribution in [0.1, 0.15) is 17.9 Å². The maximum absolute atomic E-state index is 6.12. The summed E-state index contributed by atoms with van der Waals surface area (Å²) in [6.45, 7) is 7.60. The normalized spacial score (nSPS) is 17.9. The van der Waals surface area contributed by atoms with Crippen LogP contribution in [0.2, 0.25) is 0 Å². The van der Waals surface area contributed by atoms with E-state index >= 15 is 0 Å². The van der Waals surface area contributed by atoms with Crippen LogP contribution in [0.25, 0.3) is 11.6 Å². The van der Waals surface area contributed by atoms with Crippen molar-refractivity contribution < 1.29 is 4.42 Å². The Kier molecular flexibility index (Phi) is 4.25. The fourth-order valence-electron chi connectivity index (χ4n) is 2.82. The molecule has 0 spiro atoms. The molecule has 2 aromatic rings. The van der Waals surface area contributed by atoms with E-state index in [2.05, 4.69) is 23.1 Å². The van der Waals surface area contributed by atoms with Crippen LogP contribution in [-0.2, 0) is 12.8 Å². The van der Waals surface area contributed by atoms with Crippen molar-refractivity contribution in [3.8, 4) is 11.6 Å². The zero-order valence-electron chi connectivity index (χ0n) is 12.3. The second-order valence-electron chi connectivity index (χ2n) is 5.31. The van der Waals surface area contributed by atoms with Crippen LogP contribution in [-0.4, -0.2) is 9.97 Å². The summed E-state index contributed by atoms with van der Waals surface area (Å²) < 4.78 is 5.87. The van der Waals surface area contributed by atoms with Crippen molar-refractivity contribution in [3.63, 3.8) is 0 Å². The standard InChI is InChI=1S/C18H17ClN2O/c1-3-6-14(12(2)19)13-8-9-17-16(11-13)21-18(22-17)15-7-4-5-10-20-15/h3-7,10,13H,1-2,8-9,11H2/b14-6+. The molecule has 2 heterocycles. The third-order valence-corrected chi connectivity index (χ3v) is 4.09. The number of hydrogen-bond donors (Lipinski definition) is 0. The maximum Gasteiger partial charge on any atom is 0.245 e. The van der Waals surface area contributed by atoms with Crippen molar-refractivity contribution >= 4 is 11.6 Å². The average Bonchev–Trinajstić information content (AvgIpc) is 2.96. The van der Waals surface area contributed by atoms with Gasteiger partial charge >= 0.3 is 0 Å². The van der Waals surface area contributed by atoms with Crippen LogP contribution in [0.4, 0.5) is 0 Å². The number of pyridine rings is 1. The van der Waals surface area contributed by atoms with Gasteiger partial charge in [-0.15, -0.1) is 0 Å². The van der Waals surface area contributed by atoms with Gasteiger partial charge < -0.3 is 4.42 Å². The Morgan fingerprint density at radius 1 is 1.41 bits per heavy atom. The first-order chi connectivity index (χ1) is 10.7. The fraction of sp³-hybridized carbons (Fsp3) is 0.222. The zero-order valence-corrected chi connectivity index (χ0v) is 13.0. The van der Waals surface area contributed by atoms with Gasteiger partial charge in [-0.25, -0.2) is 4.98 Å². The van der Waals surface area contributed by atoms with E-state index < -0.39 is 0 Å². The Balaban J connectivity index is 1.88. The molecule has 1 aliphatic carbocycles. The number of rotatable bonds is 4. The van der Waals surface area contributed by atoms with Gasteiger partial charge in [0.25, 0.3) is 0 Å². The summed E-state index contributed by atoms with van der Waals surface area (Å²) in [6.07, 6.45) is 8.04. The molecular weight excluding hydrogens is 296 g/mol. The quantitative estimate of drug-likeness (QED) is 0.768. The van der Waals surface area contributed by atoms with Gasteiger partial charge in [-0.1, -0.05) is 43.0 Å². The summed E-state index contributed by atoms with van der Waals surface area (Å²) in [6, 6.07) is 5.70. The van der Waals surface area contributed by atoms with Gasteiger partial charge in [0.1, 0.15) is 11.5 Å². The summed E-state index contributed by atoms with van der Waals surface area (Å²) in [5.74, 6) is 1.84. The molecule has 0 fully saturated rings. The van der Waals surface area contributed by atoms with Crippen LogP contribution in [0.15, 0.2) is 64.7 Å². The molecule has 1 unspecified atom stereocenters. The molecule has 0 N–H and O–H groups in total. The summed E-state index contributed by atoms with van der Waals surface area (Å²) in [4.78, 5) is 8.91. The Bertz CT molecular complexity index is 731. The lowest BCUT2D eigenvalue weighted by Crippen LogP contribution is -2.16. The summed E-state index contributed by atoms with van der Waals surface area (Å²) in [5.41, 5.74) is 2.78. The minimum atomic E-state index is 0.303. The van der Waals surface area contributed by atoms with E-state index in [9.17, 15) is 0 Å². The molecule has 0 bridgehead atoms. The van der Waals surface area contributed by atoms with Crippen LogP contribution >= 0.6 is 11.6 Å². The van der Waals surface area contributed by atoms with Crippen LogP contribution < -0.4 is 0 Å². The second kappa shape index (κ2) is 6.32. The van der Waals surface area contributed by atoms with E-state index in [0.29, 0.717) is 16.8 Å². The largest absolute Gasteiger partial charge is 0.440 e. The smallest absolute Gasteiger partial charge is 0.245 e. The molecular formula is C18H17ClN2O. The van der Waals surface area contributed by atoms with Gasteiger partial charge in [-0.2, -0.15) is 0 Å². The molecule has 0 amide bonds. The van der Waals surface area contributed by atoms with E-state index in [0.717, 1.165) is 42.0 Å². The lowest BCUT2D eigenvalue weighted by Gasteiger charge is -2.22. The third-order valence-electron chi connectivity index (χ3n) is 3.87. The zero-order chi connectivity index (χ0) is 15.5. The van der Waals surface area contributed by atoms with E-state index in [-0.39, 0.29) is 0 Å². The number of allylic oxidation sites excluding steroid dienone is 4. The van der Waals surface area contributed by atoms with E-state index in [1.165, 1.54) is 0 Å². The van der Waals surface area contributed by atoms with Crippen LogP contribution in [0, 0.1) is 5.92 Å². The third kappa shape index (κ3) is 2.90. The monoisotopic (exact) mass is 312 g/mol. The van der Waals surface area contributed by atoms with Gasteiger partial charge in [0, 0.05) is 24.1 Å². The Morgan fingerprint density at radius 2 is 2.27 bits per heavy atom. The van der Waals surface area contributed by atoms with Gasteiger partial charge in [-0.3, -0.25) is 4.98 Å². The lowest BCUT2D eigenvalue weighted by atomic mass is 9.84. The van der Waals surface area contributed by atoms with Crippen LogP contribution in [0.3, 0.4) is 0 Å². The predicted octanol–water partition coefficient (Wildman–Crippen LogP) is 4.71. The molecule has 0 aromatic carbocycles. The van der Waals surface area contributed by atoms with Crippen molar-refractivity contribution in [2.24, 2.45) is 5.92 Å². The van der Waals surface area contributed by atoms with E-state index in [4.69, 9.17) is 16.0 Å². The Hall–Kier alpha value is -2.13. The molecule has 2 aromatic heterocycles. The van der Waals surface area contributed by atoms with Gasteiger partial charge in [0.05, 0.1) is 5.69 Å². The molecule has 3 rings (SSSR count). The highest BCUT2D eigenvalue weighted by Gasteiger charge is 2.27. The molecule has 4 heteroatoms. The molecule has 0 saturated carbocycles. The number of halogens is 1. The Morgan fingerprint density at radius 3 is 2.95 bits per heavy atom. The van der Waals surface area contributed by atoms with Crippen molar-refractivity contribution in [2.75, 3.05) is 0 Å². The van der Waals surface area contributed by atoms with E-state index in [1.807, 2.05) is 24.3 Å². The molecule has 1 aliphatic rings. The number of fused-ring (bicyclic) bond motifs is 1. The summed E-state index contributed by atoms with van der Waals surface area (Å²) in [7, 11) is 0. The van der Waals surface area contributed by atoms with Gasteiger partial charge in [-0.05, 0) is 30.0 Å². The Labute approximate surface area is 135 Å². The first-order valence-electron chi connectivity index (χ1n) is 7.26. The minimum Gasteiger partial charge on any atom is -0.440 e. The van der Waals surface area contributed by atoms with Crippen molar-refractivity contribution in [3.05, 3.63) is 71.8 Å². The minimum absolute atomic E-state index is 0.303. The first kappa shape index (κ1) is 14.8. The second-order valence-corrected chi connectivity index (χ2v) is 5.76. The molecule has 0 aliphatic heterocycles. The van der Waals surface area contributed by atoms with Crippen molar-refractivity contribution in [1.82, 2.24) is 9.97 Å². The molecule has 22 heavy (non-hydrogen) atoms.